The molecule has 0 saturated carbocycles. The minimum Gasteiger partial charge on any atom is -0.481 e. The Kier molecular flexibility index (Phi) is 3.10. The zero-order valence-electron chi connectivity index (χ0n) is 9.35. The fourth-order valence-electron chi connectivity index (χ4n) is 1.88. The third kappa shape index (κ3) is 2.09. The molecule has 1 amide bonds. The lowest BCUT2D eigenvalue weighted by atomic mass is 10.1. The summed E-state index contributed by atoms with van der Waals surface area (Å²) in [4.78, 5) is 34.8. The SMILES string of the molecule is O=C(O)CCCN1C(=O)C(=O)c2ccc(F)cc21. The number of Topliss-reactive ketones (excluding diaryl/α,β-unsaturated/α-hetero) is 1. The van der Waals surface area contributed by atoms with Gasteiger partial charge < -0.3 is 10.0 Å². The average Bonchev–Trinajstić information content (AvgIpc) is 2.53. The van der Waals surface area contributed by atoms with Crippen molar-refractivity contribution in [2.75, 3.05) is 11.4 Å². The molecule has 0 saturated heterocycles. The van der Waals surface area contributed by atoms with Crippen molar-refractivity contribution in [1.82, 2.24) is 0 Å². The molecule has 0 fully saturated rings. The number of fused-ring (bicyclic) bond motifs is 1. The third-order valence-electron chi connectivity index (χ3n) is 2.71. The van der Waals surface area contributed by atoms with Gasteiger partial charge in [-0.2, -0.15) is 0 Å². The molecular weight excluding hydrogens is 241 g/mol. The number of carboxylic acids is 1. The zero-order valence-corrected chi connectivity index (χ0v) is 9.35. The summed E-state index contributed by atoms with van der Waals surface area (Å²) in [5.41, 5.74) is 0.382. The summed E-state index contributed by atoms with van der Waals surface area (Å²) in [6.45, 7) is 0.0906. The topological polar surface area (TPSA) is 74.7 Å². The van der Waals surface area contributed by atoms with E-state index in [-0.39, 0.29) is 30.6 Å². The molecule has 18 heavy (non-hydrogen) atoms. The number of hydrogen-bond acceptors (Lipinski definition) is 3. The minimum atomic E-state index is -0.979. The van der Waals surface area contributed by atoms with Gasteiger partial charge in [-0.15, -0.1) is 0 Å². The summed E-state index contributed by atoms with van der Waals surface area (Å²) >= 11 is 0. The lowest BCUT2D eigenvalue weighted by molar-refractivity contribution is -0.137. The van der Waals surface area contributed by atoms with Crippen LogP contribution >= 0.6 is 0 Å². The Balaban J connectivity index is 2.22. The summed E-state index contributed by atoms with van der Waals surface area (Å²) in [6.07, 6.45) is 0.104. The Bertz CT molecular complexity index is 541. The Hall–Kier alpha value is -2.24. The highest BCUT2D eigenvalue weighted by atomic mass is 19.1. The molecule has 1 aliphatic heterocycles. The van der Waals surface area contributed by atoms with Crippen LogP contribution < -0.4 is 4.90 Å². The molecule has 0 aromatic heterocycles. The first-order valence-corrected chi connectivity index (χ1v) is 5.38. The van der Waals surface area contributed by atoms with Gasteiger partial charge in [0, 0.05) is 13.0 Å². The van der Waals surface area contributed by atoms with E-state index in [2.05, 4.69) is 0 Å². The van der Waals surface area contributed by atoms with E-state index in [1.54, 1.807) is 0 Å². The first-order valence-electron chi connectivity index (χ1n) is 5.38. The van der Waals surface area contributed by atoms with Crippen molar-refractivity contribution in [3.63, 3.8) is 0 Å². The van der Waals surface area contributed by atoms with E-state index in [9.17, 15) is 18.8 Å². The van der Waals surface area contributed by atoms with Crippen LogP contribution in [0, 0.1) is 5.82 Å². The van der Waals surface area contributed by atoms with Gasteiger partial charge in [0.25, 0.3) is 11.7 Å². The summed E-state index contributed by atoms with van der Waals surface area (Å²) in [7, 11) is 0. The van der Waals surface area contributed by atoms with Crippen LogP contribution in [0.4, 0.5) is 10.1 Å². The lowest BCUT2D eigenvalue weighted by Gasteiger charge is -2.15. The lowest BCUT2D eigenvalue weighted by Crippen LogP contribution is -2.30. The maximum absolute atomic E-state index is 13.1. The first-order chi connectivity index (χ1) is 8.50. The number of nitrogens with zero attached hydrogens (tertiary/aromatic N) is 1. The van der Waals surface area contributed by atoms with Gasteiger partial charge in [0.05, 0.1) is 11.3 Å². The summed E-state index contributed by atoms with van der Waals surface area (Å²) in [5, 5.41) is 8.51. The normalized spacial score (nSPS) is 13.9. The summed E-state index contributed by atoms with van der Waals surface area (Å²) < 4.78 is 13.1. The number of carbonyl (C=O) groups is 3. The van der Waals surface area contributed by atoms with E-state index in [4.69, 9.17) is 5.11 Å². The molecule has 2 rings (SSSR count). The number of benzene rings is 1. The number of halogens is 1. The van der Waals surface area contributed by atoms with Crippen LogP contribution in [-0.2, 0) is 9.59 Å². The molecule has 0 unspecified atom stereocenters. The van der Waals surface area contributed by atoms with Crippen LogP contribution in [-0.4, -0.2) is 29.3 Å². The van der Waals surface area contributed by atoms with Crippen LogP contribution in [0.15, 0.2) is 18.2 Å². The largest absolute Gasteiger partial charge is 0.481 e. The van der Waals surface area contributed by atoms with Crippen molar-refractivity contribution < 1.29 is 23.9 Å². The number of amides is 1. The molecule has 1 aromatic carbocycles. The third-order valence-corrected chi connectivity index (χ3v) is 2.71. The highest BCUT2D eigenvalue weighted by molar-refractivity contribution is 6.52. The number of carboxylic acid groups (broad SMARTS) is 1. The molecule has 0 atom stereocenters. The van der Waals surface area contributed by atoms with Gasteiger partial charge in [0.1, 0.15) is 5.82 Å². The smallest absolute Gasteiger partial charge is 0.303 e. The summed E-state index contributed by atoms with van der Waals surface area (Å²) in [5.74, 6) is -2.94. The molecular formula is C12H10FNO4. The molecule has 1 aliphatic rings. The predicted molar refractivity (Wildman–Crippen MR) is 60.0 cm³/mol. The quantitative estimate of drug-likeness (QED) is 0.816. The second-order valence-corrected chi connectivity index (χ2v) is 3.94. The molecule has 1 N–H and O–H groups in total. The van der Waals surface area contributed by atoms with Gasteiger partial charge in [-0.05, 0) is 24.6 Å². The fraction of sp³-hybridized carbons (Fsp3) is 0.250. The van der Waals surface area contributed by atoms with Crippen molar-refractivity contribution >= 4 is 23.3 Å². The van der Waals surface area contributed by atoms with Gasteiger partial charge in [-0.1, -0.05) is 0 Å². The number of hydrogen-bond donors (Lipinski definition) is 1. The Labute approximate surface area is 102 Å². The molecule has 0 bridgehead atoms. The van der Waals surface area contributed by atoms with E-state index in [1.807, 2.05) is 0 Å². The van der Waals surface area contributed by atoms with Crippen molar-refractivity contribution in [2.45, 2.75) is 12.8 Å². The maximum atomic E-state index is 13.1. The highest BCUT2D eigenvalue weighted by Gasteiger charge is 2.35. The molecule has 0 aliphatic carbocycles. The van der Waals surface area contributed by atoms with Crippen molar-refractivity contribution in [3.8, 4) is 0 Å². The first kappa shape index (κ1) is 12.2. The fourth-order valence-corrected chi connectivity index (χ4v) is 1.88. The van der Waals surface area contributed by atoms with Gasteiger partial charge in [-0.25, -0.2) is 4.39 Å². The van der Waals surface area contributed by atoms with Crippen molar-refractivity contribution in [1.29, 1.82) is 0 Å². The van der Waals surface area contributed by atoms with E-state index in [0.29, 0.717) is 0 Å². The van der Waals surface area contributed by atoms with E-state index >= 15 is 0 Å². The van der Waals surface area contributed by atoms with Crippen LogP contribution in [0.5, 0.6) is 0 Å². The van der Waals surface area contributed by atoms with Crippen LogP contribution in [0.1, 0.15) is 23.2 Å². The van der Waals surface area contributed by atoms with Gasteiger partial charge in [0.2, 0.25) is 0 Å². The van der Waals surface area contributed by atoms with E-state index < -0.39 is 23.5 Å². The van der Waals surface area contributed by atoms with Gasteiger partial charge in [-0.3, -0.25) is 14.4 Å². The Morgan fingerprint density at radius 3 is 2.72 bits per heavy atom. The highest BCUT2D eigenvalue weighted by Crippen LogP contribution is 2.29. The minimum absolute atomic E-state index is 0.0906. The van der Waals surface area contributed by atoms with Crippen molar-refractivity contribution in [2.24, 2.45) is 0 Å². The van der Waals surface area contributed by atoms with Crippen LogP contribution in [0.25, 0.3) is 0 Å². The average molecular weight is 251 g/mol. The second-order valence-electron chi connectivity index (χ2n) is 3.94. The Morgan fingerprint density at radius 1 is 1.33 bits per heavy atom. The Morgan fingerprint density at radius 2 is 2.06 bits per heavy atom. The van der Waals surface area contributed by atoms with Crippen molar-refractivity contribution in [3.05, 3.63) is 29.6 Å². The predicted octanol–water partition coefficient (Wildman–Crippen LogP) is 1.22. The molecule has 1 aromatic rings. The zero-order chi connectivity index (χ0) is 13.3. The molecule has 6 heteroatoms. The maximum Gasteiger partial charge on any atom is 0.303 e. The van der Waals surface area contributed by atoms with E-state index in [0.717, 1.165) is 17.0 Å². The number of carbonyl (C=O) groups excluding carboxylic acids is 2. The molecule has 94 valence electrons. The number of anilines is 1. The number of aliphatic carboxylic acids is 1. The molecule has 1 heterocycles. The van der Waals surface area contributed by atoms with Crippen LogP contribution in [0.2, 0.25) is 0 Å². The molecule has 0 radical (unpaired) electrons. The standard InChI is InChI=1S/C12H10FNO4/c13-7-3-4-8-9(6-7)14(12(18)11(8)17)5-1-2-10(15)16/h3-4,6H,1-2,5H2,(H,15,16). The van der Waals surface area contributed by atoms with Gasteiger partial charge >= 0.3 is 5.97 Å². The monoisotopic (exact) mass is 251 g/mol. The number of rotatable bonds is 4. The molecule has 0 spiro atoms. The second kappa shape index (κ2) is 4.56. The number of ketones is 1. The van der Waals surface area contributed by atoms with E-state index in [1.165, 1.54) is 6.07 Å². The molecule has 5 nitrogen and oxygen atoms in total. The summed E-state index contributed by atoms with van der Waals surface area (Å²) in [6, 6.07) is 3.49. The van der Waals surface area contributed by atoms with Gasteiger partial charge in [0.15, 0.2) is 0 Å². The van der Waals surface area contributed by atoms with Crippen LogP contribution in [0.3, 0.4) is 0 Å².